The van der Waals surface area contributed by atoms with Crippen molar-refractivity contribution in [1.29, 1.82) is 0 Å². The van der Waals surface area contributed by atoms with Gasteiger partial charge in [-0.1, -0.05) is 6.07 Å². The molecule has 172 valence electrons. The highest BCUT2D eigenvalue weighted by atomic mass is 32.2. The van der Waals surface area contributed by atoms with E-state index in [1.165, 1.54) is 0 Å². The van der Waals surface area contributed by atoms with E-state index in [4.69, 9.17) is 18.9 Å². The number of fused-ring (bicyclic) bond motifs is 2. The van der Waals surface area contributed by atoms with Crippen LogP contribution in [0.5, 0.6) is 23.0 Å². The number of amides is 1. The Morgan fingerprint density at radius 1 is 0.875 bits per heavy atom. The van der Waals surface area contributed by atoms with Gasteiger partial charge >= 0.3 is 0 Å². The summed E-state index contributed by atoms with van der Waals surface area (Å²) in [6.45, 7) is 5.14. The highest BCUT2D eigenvalue weighted by Gasteiger charge is 2.31. The first-order chi connectivity index (χ1) is 15.2. The SMILES string of the molecule is C[C@H](C(=O)N[C@H](C)c1ccc2c(c1)OCCO2)N(c1ccc2c(c1)OCCO2)S(C)(=O)=O. The van der Waals surface area contributed by atoms with E-state index in [9.17, 15) is 13.2 Å². The van der Waals surface area contributed by atoms with Crippen LogP contribution < -0.4 is 28.6 Å². The lowest BCUT2D eigenvalue weighted by Crippen LogP contribution is -2.48. The Hall–Kier alpha value is -3.14. The Labute approximate surface area is 187 Å². The van der Waals surface area contributed by atoms with Crippen LogP contribution in [0.3, 0.4) is 0 Å². The van der Waals surface area contributed by atoms with Gasteiger partial charge in [0.1, 0.15) is 32.5 Å². The van der Waals surface area contributed by atoms with Gasteiger partial charge in [-0.05, 0) is 43.7 Å². The van der Waals surface area contributed by atoms with Crippen molar-refractivity contribution in [2.75, 3.05) is 37.0 Å². The van der Waals surface area contributed by atoms with Crippen LogP contribution in [0.25, 0.3) is 0 Å². The van der Waals surface area contributed by atoms with E-state index >= 15 is 0 Å². The Balaban J connectivity index is 1.54. The first-order valence-corrected chi connectivity index (χ1v) is 12.2. The Bertz CT molecular complexity index is 1120. The van der Waals surface area contributed by atoms with E-state index in [1.54, 1.807) is 31.2 Å². The third-order valence-electron chi connectivity index (χ3n) is 5.29. The van der Waals surface area contributed by atoms with Crippen molar-refractivity contribution in [2.24, 2.45) is 0 Å². The number of carbonyl (C=O) groups excluding carboxylic acids is 1. The number of rotatable bonds is 6. The first-order valence-electron chi connectivity index (χ1n) is 10.3. The molecule has 2 aromatic carbocycles. The van der Waals surface area contributed by atoms with Gasteiger partial charge in [-0.2, -0.15) is 0 Å². The molecule has 2 aliphatic rings. The molecule has 9 nitrogen and oxygen atoms in total. The monoisotopic (exact) mass is 462 g/mol. The maximum absolute atomic E-state index is 13.0. The van der Waals surface area contributed by atoms with Gasteiger partial charge in [-0.25, -0.2) is 8.42 Å². The fourth-order valence-corrected chi connectivity index (χ4v) is 4.89. The molecule has 0 unspecified atom stereocenters. The molecular formula is C22H26N2O7S. The number of benzene rings is 2. The van der Waals surface area contributed by atoms with Gasteiger partial charge in [0, 0.05) is 6.07 Å². The predicted octanol–water partition coefficient (Wildman–Crippen LogP) is 2.26. The molecule has 0 saturated carbocycles. The Morgan fingerprint density at radius 3 is 2.00 bits per heavy atom. The van der Waals surface area contributed by atoms with Crippen LogP contribution in [0, 0.1) is 0 Å². The average Bonchev–Trinajstić information content (AvgIpc) is 2.77. The summed E-state index contributed by atoms with van der Waals surface area (Å²) in [4.78, 5) is 13.0. The molecule has 0 radical (unpaired) electrons. The van der Waals surface area contributed by atoms with Crippen molar-refractivity contribution in [3.05, 3.63) is 42.0 Å². The summed E-state index contributed by atoms with van der Waals surface area (Å²) in [5.41, 5.74) is 1.14. The normalized spacial score (nSPS) is 16.6. The topological polar surface area (TPSA) is 103 Å². The number of hydrogen-bond acceptors (Lipinski definition) is 7. The second-order valence-corrected chi connectivity index (χ2v) is 9.56. The molecule has 2 heterocycles. The fourth-order valence-electron chi connectivity index (χ4n) is 3.72. The summed E-state index contributed by atoms with van der Waals surface area (Å²) in [6, 6.07) is 8.91. The second kappa shape index (κ2) is 8.78. The van der Waals surface area contributed by atoms with Crippen molar-refractivity contribution < 1.29 is 32.2 Å². The number of carbonyl (C=O) groups is 1. The zero-order valence-corrected chi connectivity index (χ0v) is 19.0. The largest absolute Gasteiger partial charge is 0.486 e. The summed E-state index contributed by atoms with van der Waals surface area (Å²) in [5, 5.41) is 2.89. The van der Waals surface area contributed by atoms with E-state index in [2.05, 4.69) is 5.32 Å². The summed E-state index contributed by atoms with van der Waals surface area (Å²) in [7, 11) is -3.76. The standard InChI is InChI=1S/C22H26N2O7S/c1-14(16-4-6-18-20(12-16)30-10-8-28-18)23-22(25)15(2)24(32(3,26)27)17-5-7-19-21(13-17)31-11-9-29-19/h4-7,12-15H,8-11H2,1-3H3,(H,23,25)/t14-,15-/m1/s1. The predicted molar refractivity (Wildman–Crippen MR) is 118 cm³/mol. The molecule has 0 bridgehead atoms. The Kier molecular flexibility index (Phi) is 6.05. The first kappa shape index (κ1) is 22.1. The van der Waals surface area contributed by atoms with Crippen molar-refractivity contribution >= 4 is 21.6 Å². The van der Waals surface area contributed by atoms with Crippen LogP contribution in [-0.2, 0) is 14.8 Å². The van der Waals surface area contributed by atoms with E-state index in [1.807, 2.05) is 19.1 Å². The molecule has 0 aliphatic carbocycles. The van der Waals surface area contributed by atoms with Crippen molar-refractivity contribution in [3.8, 4) is 23.0 Å². The lowest BCUT2D eigenvalue weighted by atomic mass is 10.1. The number of sulfonamides is 1. The molecule has 2 aromatic rings. The zero-order valence-electron chi connectivity index (χ0n) is 18.2. The van der Waals surface area contributed by atoms with Crippen molar-refractivity contribution in [2.45, 2.75) is 25.9 Å². The van der Waals surface area contributed by atoms with Crippen LogP contribution >= 0.6 is 0 Å². The van der Waals surface area contributed by atoms with Gasteiger partial charge in [0.2, 0.25) is 15.9 Å². The number of ether oxygens (including phenoxy) is 4. The van der Waals surface area contributed by atoms with Crippen LogP contribution in [-0.4, -0.2) is 53.1 Å². The quantitative estimate of drug-likeness (QED) is 0.702. The molecule has 2 aliphatic heterocycles. The molecule has 4 rings (SSSR count). The summed E-state index contributed by atoms with van der Waals surface area (Å²) >= 11 is 0. The van der Waals surface area contributed by atoms with E-state index in [-0.39, 0.29) is 6.04 Å². The van der Waals surface area contributed by atoms with Crippen LogP contribution in [0.4, 0.5) is 5.69 Å². The third-order valence-corrected chi connectivity index (χ3v) is 6.54. The summed E-state index contributed by atoms with van der Waals surface area (Å²) < 4.78 is 48.5. The zero-order chi connectivity index (χ0) is 22.9. The minimum atomic E-state index is -3.76. The van der Waals surface area contributed by atoms with Gasteiger partial charge < -0.3 is 24.3 Å². The maximum Gasteiger partial charge on any atom is 0.244 e. The molecule has 1 N–H and O–H groups in total. The van der Waals surface area contributed by atoms with Gasteiger partial charge in [-0.3, -0.25) is 9.10 Å². The fraction of sp³-hybridized carbons (Fsp3) is 0.409. The maximum atomic E-state index is 13.0. The average molecular weight is 463 g/mol. The third kappa shape index (κ3) is 4.55. The molecule has 0 aromatic heterocycles. The molecular weight excluding hydrogens is 436 g/mol. The second-order valence-electron chi connectivity index (χ2n) is 7.70. The van der Waals surface area contributed by atoms with Crippen LogP contribution in [0.2, 0.25) is 0 Å². The Morgan fingerprint density at radius 2 is 1.41 bits per heavy atom. The number of nitrogens with one attached hydrogen (secondary N) is 1. The lowest BCUT2D eigenvalue weighted by Gasteiger charge is -2.30. The number of nitrogens with zero attached hydrogens (tertiary/aromatic N) is 1. The lowest BCUT2D eigenvalue weighted by molar-refractivity contribution is -0.122. The minimum Gasteiger partial charge on any atom is -0.486 e. The smallest absolute Gasteiger partial charge is 0.244 e. The number of anilines is 1. The van der Waals surface area contributed by atoms with E-state index in [0.717, 1.165) is 16.1 Å². The summed E-state index contributed by atoms with van der Waals surface area (Å²) in [5.74, 6) is 1.83. The van der Waals surface area contributed by atoms with E-state index < -0.39 is 22.0 Å². The van der Waals surface area contributed by atoms with Gasteiger partial charge in [0.15, 0.2) is 23.0 Å². The minimum absolute atomic E-state index is 0.325. The molecule has 0 spiro atoms. The molecule has 2 atom stereocenters. The molecule has 0 fully saturated rings. The van der Waals surface area contributed by atoms with Crippen molar-refractivity contribution in [1.82, 2.24) is 5.32 Å². The summed E-state index contributed by atoms with van der Waals surface area (Å²) in [6.07, 6.45) is 1.07. The highest BCUT2D eigenvalue weighted by Crippen LogP contribution is 2.36. The van der Waals surface area contributed by atoms with E-state index in [0.29, 0.717) is 55.1 Å². The van der Waals surface area contributed by atoms with Gasteiger partial charge in [-0.15, -0.1) is 0 Å². The molecule has 0 saturated heterocycles. The van der Waals surface area contributed by atoms with Gasteiger partial charge in [0.05, 0.1) is 18.0 Å². The molecule has 1 amide bonds. The van der Waals surface area contributed by atoms with Gasteiger partial charge in [0.25, 0.3) is 0 Å². The van der Waals surface area contributed by atoms with Crippen LogP contribution in [0.15, 0.2) is 36.4 Å². The van der Waals surface area contributed by atoms with Crippen LogP contribution in [0.1, 0.15) is 25.5 Å². The number of hydrogen-bond donors (Lipinski definition) is 1. The highest BCUT2D eigenvalue weighted by molar-refractivity contribution is 7.92. The van der Waals surface area contributed by atoms with Crippen molar-refractivity contribution in [3.63, 3.8) is 0 Å². The molecule has 32 heavy (non-hydrogen) atoms. The molecule has 10 heteroatoms.